The van der Waals surface area contributed by atoms with Gasteiger partial charge in [0.15, 0.2) is 11.5 Å². The number of benzene rings is 1. The van der Waals surface area contributed by atoms with Gasteiger partial charge in [-0.15, -0.1) is 11.3 Å². The average Bonchev–Trinajstić information content (AvgIpc) is 3.24. The van der Waals surface area contributed by atoms with Crippen molar-refractivity contribution < 1.29 is 14.3 Å². The zero-order valence-electron chi connectivity index (χ0n) is 15.7. The minimum Gasteiger partial charge on any atom is -0.493 e. The van der Waals surface area contributed by atoms with E-state index in [1.807, 2.05) is 42.6 Å². The molecule has 146 valence electrons. The van der Waals surface area contributed by atoms with Gasteiger partial charge in [-0.25, -0.2) is 4.98 Å². The number of nitrogens with zero attached hydrogens (tertiary/aromatic N) is 2. The second kappa shape index (κ2) is 9.57. The third-order valence-corrected chi connectivity index (χ3v) is 5.25. The molecule has 0 aliphatic carbocycles. The fraction of sp³-hybridized carbons (Fsp3) is 0.238. The van der Waals surface area contributed by atoms with E-state index in [9.17, 15) is 4.79 Å². The topological polar surface area (TPSA) is 51.7 Å². The summed E-state index contributed by atoms with van der Waals surface area (Å²) in [7, 11) is 1.61. The Bertz CT molecular complexity index is 931. The minimum absolute atomic E-state index is 0.0937. The van der Waals surface area contributed by atoms with Gasteiger partial charge in [-0.1, -0.05) is 23.7 Å². The third-order valence-electron chi connectivity index (χ3n) is 4.19. The van der Waals surface area contributed by atoms with Crippen LogP contribution in [0.2, 0.25) is 5.15 Å². The first-order valence-corrected chi connectivity index (χ1v) is 10.1. The lowest BCUT2D eigenvalue weighted by Gasteiger charge is -2.22. The number of thiophene rings is 1. The Morgan fingerprint density at radius 2 is 2.07 bits per heavy atom. The molecule has 2 aromatic heterocycles. The van der Waals surface area contributed by atoms with E-state index in [1.165, 1.54) is 6.20 Å². The van der Waals surface area contributed by atoms with Gasteiger partial charge in [0.05, 0.1) is 7.11 Å². The van der Waals surface area contributed by atoms with Crippen LogP contribution in [-0.4, -0.2) is 29.4 Å². The highest BCUT2D eigenvalue weighted by molar-refractivity contribution is 7.09. The highest BCUT2D eigenvalue weighted by atomic mass is 35.5. The number of carbonyl (C=O) groups excluding carboxylic acids is 1. The Hall–Kier alpha value is -2.57. The van der Waals surface area contributed by atoms with Crippen molar-refractivity contribution in [2.45, 2.75) is 20.1 Å². The molecular formula is C21H21ClN2O3S. The largest absolute Gasteiger partial charge is 0.493 e. The molecule has 7 heteroatoms. The third kappa shape index (κ3) is 5.03. The standard InChI is InChI=1S/C21H21ClN2O3S/c1-3-24(21(25)16-8-9-23-20(22)12-16)13-15-6-7-18(19(11-15)26-2)27-14-17-5-4-10-28-17/h4-12H,3,13-14H2,1-2H3. The normalized spacial score (nSPS) is 10.5. The van der Waals surface area contributed by atoms with E-state index >= 15 is 0 Å². The molecule has 5 nitrogen and oxygen atoms in total. The summed E-state index contributed by atoms with van der Waals surface area (Å²) in [5, 5.41) is 2.32. The molecule has 1 amide bonds. The Morgan fingerprint density at radius 3 is 2.75 bits per heavy atom. The summed E-state index contributed by atoms with van der Waals surface area (Å²) in [5.41, 5.74) is 1.47. The van der Waals surface area contributed by atoms with Gasteiger partial charge in [0.25, 0.3) is 5.91 Å². The van der Waals surface area contributed by atoms with Crippen LogP contribution >= 0.6 is 22.9 Å². The van der Waals surface area contributed by atoms with Gasteiger partial charge in [0, 0.05) is 29.7 Å². The summed E-state index contributed by atoms with van der Waals surface area (Å²) >= 11 is 7.56. The molecule has 0 spiro atoms. The quantitative estimate of drug-likeness (QED) is 0.482. The molecule has 0 N–H and O–H groups in total. The van der Waals surface area contributed by atoms with Gasteiger partial charge < -0.3 is 14.4 Å². The van der Waals surface area contributed by atoms with E-state index in [0.717, 1.165) is 10.4 Å². The molecule has 0 atom stereocenters. The number of aromatic nitrogens is 1. The van der Waals surface area contributed by atoms with Crippen LogP contribution in [0.3, 0.4) is 0 Å². The van der Waals surface area contributed by atoms with Crippen LogP contribution in [0.25, 0.3) is 0 Å². The SMILES string of the molecule is CCN(Cc1ccc(OCc2cccs2)c(OC)c1)C(=O)c1ccnc(Cl)c1. The van der Waals surface area contributed by atoms with E-state index in [4.69, 9.17) is 21.1 Å². The van der Waals surface area contributed by atoms with Gasteiger partial charge in [0.1, 0.15) is 11.8 Å². The first kappa shape index (κ1) is 20.2. The highest BCUT2D eigenvalue weighted by Crippen LogP contribution is 2.30. The van der Waals surface area contributed by atoms with Gasteiger partial charge in [-0.2, -0.15) is 0 Å². The number of pyridine rings is 1. The molecule has 0 bridgehead atoms. The molecule has 2 heterocycles. The summed E-state index contributed by atoms with van der Waals surface area (Å²) in [5.74, 6) is 1.23. The summed E-state index contributed by atoms with van der Waals surface area (Å²) < 4.78 is 11.4. The lowest BCUT2D eigenvalue weighted by atomic mass is 10.1. The van der Waals surface area contributed by atoms with Crippen LogP contribution in [0, 0.1) is 0 Å². The summed E-state index contributed by atoms with van der Waals surface area (Å²) in [6.07, 6.45) is 1.53. The molecule has 0 fully saturated rings. The van der Waals surface area contributed by atoms with Crippen molar-refractivity contribution in [3.05, 3.63) is 75.2 Å². The van der Waals surface area contributed by atoms with E-state index in [2.05, 4.69) is 4.98 Å². The molecule has 3 aromatic rings. The zero-order chi connectivity index (χ0) is 19.9. The fourth-order valence-corrected chi connectivity index (χ4v) is 3.53. The molecule has 3 rings (SSSR count). The lowest BCUT2D eigenvalue weighted by molar-refractivity contribution is 0.0752. The van der Waals surface area contributed by atoms with Crippen molar-refractivity contribution in [2.24, 2.45) is 0 Å². The maximum atomic E-state index is 12.8. The lowest BCUT2D eigenvalue weighted by Crippen LogP contribution is -2.30. The number of amides is 1. The van der Waals surface area contributed by atoms with Crippen molar-refractivity contribution in [1.82, 2.24) is 9.88 Å². The number of methoxy groups -OCH3 is 1. The second-order valence-electron chi connectivity index (χ2n) is 6.04. The number of carbonyl (C=O) groups is 1. The molecule has 28 heavy (non-hydrogen) atoms. The molecule has 0 aliphatic rings. The number of ether oxygens (including phenoxy) is 2. The Morgan fingerprint density at radius 1 is 1.21 bits per heavy atom. The van der Waals surface area contributed by atoms with Crippen molar-refractivity contribution in [3.63, 3.8) is 0 Å². The predicted octanol–water partition coefficient (Wildman–Crippen LogP) is 5.05. The van der Waals surface area contributed by atoms with E-state index < -0.39 is 0 Å². The highest BCUT2D eigenvalue weighted by Gasteiger charge is 2.16. The Labute approximate surface area is 173 Å². The minimum atomic E-state index is -0.0937. The second-order valence-corrected chi connectivity index (χ2v) is 7.46. The molecule has 0 saturated carbocycles. The number of hydrogen-bond donors (Lipinski definition) is 0. The fourth-order valence-electron chi connectivity index (χ4n) is 2.74. The summed E-state index contributed by atoms with van der Waals surface area (Å²) in [6.45, 7) is 3.46. The Balaban J connectivity index is 1.72. The van der Waals surface area contributed by atoms with Crippen molar-refractivity contribution in [3.8, 4) is 11.5 Å². The van der Waals surface area contributed by atoms with Crippen LogP contribution in [0.4, 0.5) is 0 Å². The van der Waals surface area contributed by atoms with Crippen LogP contribution in [0.5, 0.6) is 11.5 Å². The van der Waals surface area contributed by atoms with E-state index in [1.54, 1.807) is 35.5 Å². The smallest absolute Gasteiger partial charge is 0.254 e. The van der Waals surface area contributed by atoms with Crippen LogP contribution in [0.15, 0.2) is 54.0 Å². The Kier molecular flexibility index (Phi) is 6.90. The maximum Gasteiger partial charge on any atom is 0.254 e. The van der Waals surface area contributed by atoms with Gasteiger partial charge >= 0.3 is 0 Å². The van der Waals surface area contributed by atoms with Crippen molar-refractivity contribution in [2.75, 3.05) is 13.7 Å². The maximum absolute atomic E-state index is 12.8. The average molecular weight is 417 g/mol. The molecule has 0 aliphatic heterocycles. The van der Waals surface area contributed by atoms with Gasteiger partial charge in [0.2, 0.25) is 0 Å². The van der Waals surface area contributed by atoms with E-state index in [0.29, 0.717) is 41.9 Å². The van der Waals surface area contributed by atoms with E-state index in [-0.39, 0.29) is 5.91 Å². The van der Waals surface area contributed by atoms with Crippen molar-refractivity contribution >= 4 is 28.8 Å². The number of rotatable bonds is 8. The summed E-state index contributed by atoms with van der Waals surface area (Å²) in [4.78, 5) is 19.6. The molecule has 0 radical (unpaired) electrons. The molecular weight excluding hydrogens is 396 g/mol. The van der Waals surface area contributed by atoms with Gasteiger partial charge in [-0.3, -0.25) is 4.79 Å². The first-order valence-electron chi connectivity index (χ1n) is 8.83. The van der Waals surface area contributed by atoms with Crippen LogP contribution < -0.4 is 9.47 Å². The van der Waals surface area contributed by atoms with Crippen LogP contribution in [0.1, 0.15) is 27.7 Å². The van der Waals surface area contributed by atoms with Gasteiger partial charge in [-0.05, 0) is 48.2 Å². The molecule has 0 unspecified atom stereocenters. The molecule has 0 saturated heterocycles. The van der Waals surface area contributed by atoms with Crippen molar-refractivity contribution in [1.29, 1.82) is 0 Å². The number of hydrogen-bond acceptors (Lipinski definition) is 5. The predicted molar refractivity (Wildman–Crippen MR) is 111 cm³/mol. The van der Waals surface area contributed by atoms with Crippen LogP contribution in [-0.2, 0) is 13.2 Å². The summed E-state index contributed by atoms with van der Waals surface area (Å²) in [6, 6.07) is 13.0. The first-order chi connectivity index (χ1) is 13.6. The number of halogens is 1. The monoisotopic (exact) mass is 416 g/mol. The molecule has 1 aromatic carbocycles. The zero-order valence-corrected chi connectivity index (χ0v) is 17.3.